The third-order valence-electron chi connectivity index (χ3n) is 6.44. The normalized spacial score (nSPS) is 20.1. The van der Waals surface area contributed by atoms with Gasteiger partial charge in [0, 0.05) is 17.5 Å². The van der Waals surface area contributed by atoms with Gasteiger partial charge in [-0.05, 0) is 42.7 Å². The Labute approximate surface area is 191 Å². The van der Waals surface area contributed by atoms with Gasteiger partial charge in [0.05, 0.1) is 33.0 Å². The van der Waals surface area contributed by atoms with Crippen molar-refractivity contribution in [1.82, 2.24) is 0 Å². The topological polar surface area (TPSA) is 89.5 Å². The van der Waals surface area contributed by atoms with E-state index in [9.17, 15) is 9.59 Å². The minimum atomic E-state index is -0.661. The van der Waals surface area contributed by atoms with Gasteiger partial charge in [0.15, 0.2) is 11.5 Å². The summed E-state index contributed by atoms with van der Waals surface area (Å²) in [6.45, 7) is 1.47. The van der Waals surface area contributed by atoms with Crippen molar-refractivity contribution >= 4 is 11.9 Å². The van der Waals surface area contributed by atoms with Crippen molar-refractivity contribution in [2.24, 2.45) is 5.41 Å². The van der Waals surface area contributed by atoms with E-state index in [0.717, 1.165) is 23.1 Å². The Kier molecular flexibility index (Phi) is 5.62. The monoisotopic (exact) mass is 454 g/mol. The molecule has 0 bridgehead atoms. The fourth-order valence-electron chi connectivity index (χ4n) is 4.22. The minimum absolute atomic E-state index is 0.169. The molecule has 2 heterocycles. The number of benzene rings is 2. The second-order valence-corrected chi connectivity index (χ2v) is 8.59. The third kappa shape index (κ3) is 3.99. The molecule has 33 heavy (non-hydrogen) atoms. The van der Waals surface area contributed by atoms with Crippen LogP contribution >= 0.6 is 0 Å². The molecule has 2 fully saturated rings. The van der Waals surface area contributed by atoms with Crippen LogP contribution in [0.3, 0.4) is 0 Å². The molecule has 2 aromatic carbocycles. The highest BCUT2D eigenvalue weighted by Crippen LogP contribution is 2.50. The van der Waals surface area contributed by atoms with Crippen LogP contribution in [0.1, 0.15) is 35.2 Å². The molecule has 174 valence electrons. The maximum atomic E-state index is 12.8. The molecule has 1 aliphatic carbocycles. The predicted molar refractivity (Wildman–Crippen MR) is 117 cm³/mol. The summed E-state index contributed by atoms with van der Waals surface area (Å²) in [5, 5.41) is 0. The molecular weight excluding hydrogens is 428 g/mol. The van der Waals surface area contributed by atoms with Crippen molar-refractivity contribution in [3.8, 4) is 28.4 Å². The van der Waals surface area contributed by atoms with Crippen LogP contribution in [0.4, 0.5) is 0 Å². The lowest BCUT2D eigenvalue weighted by molar-refractivity contribution is -0.157. The summed E-state index contributed by atoms with van der Waals surface area (Å²) in [6.07, 6.45) is 1.95. The smallest absolute Gasteiger partial charge is 0.338 e. The summed E-state index contributed by atoms with van der Waals surface area (Å²) in [5.74, 6) is 0.879. The first kappa shape index (κ1) is 21.6. The lowest BCUT2D eigenvalue weighted by Crippen LogP contribution is -2.30. The van der Waals surface area contributed by atoms with Gasteiger partial charge in [0.1, 0.15) is 24.7 Å². The van der Waals surface area contributed by atoms with Crippen LogP contribution < -0.4 is 14.2 Å². The fraction of sp³-hybridized carbons (Fsp3) is 0.440. The van der Waals surface area contributed by atoms with Gasteiger partial charge in [-0.1, -0.05) is 6.07 Å². The maximum absolute atomic E-state index is 12.8. The maximum Gasteiger partial charge on any atom is 0.338 e. The van der Waals surface area contributed by atoms with Crippen LogP contribution in [0, 0.1) is 5.41 Å². The number of esters is 2. The molecule has 0 spiro atoms. The highest BCUT2D eigenvalue weighted by atomic mass is 16.6. The van der Waals surface area contributed by atoms with Gasteiger partial charge in [-0.15, -0.1) is 0 Å². The Hall–Kier alpha value is -3.26. The third-order valence-corrected chi connectivity index (χ3v) is 6.44. The van der Waals surface area contributed by atoms with Crippen LogP contribution in [-0.4, -0.2) is 52.1 Å². The van der Waals surface area contributed by atoms with E-state index < -0.39 is 5.41 Å². The molecule has 2 aromatic rings. The Morgan fingerprint density at radius 2 is 1.91 bits per heavy atom. The fourth-order valence-corrected chi connectivity index (χ4v) is 4.22. The summed E-state index contributed by atoms with van der Waals surface area (Å²) in [7, 11) is 3.11. The first-order valence-electron chi connectivity index (χ1n) is 11.0. The highest BCUT2D eigenvalue weighted by Gasteiger charge is 2.53. The quantitative estimate of drug-likeness (QED) is 0.560. The first-order valence-corrected chi connectivity index (χ1v) is 11.0. The van der Waals surface area contributed by atoms with Crippen molar-refractivity contribution in [3.63, 3.8) is 0 Å². The molecule has 0 radical (unpaired) electrons. The predicted octanol–water partition coefficient (Wildman–Crippen LogP) is 3.53. The van der Waals surface area contributed by atoms with Gasteiger partial charge in [-0.25, -0.2) is 4.79 Å². The molecule has 2 aliphatic heterocycles. The number of methoxy groups -OCH3 is 2. The average molecular weight is 454 g/mol. The van der Waals surface area contributed by atoms with Gasteiger partial charge in [0.2, 0.25) is 5.75 Å². The Morgan fingerprint density at radius 3 is 2.61 bits per heavy atom. The van der Waals surface area contributed by atoms with Crippen LogP contribution in [0.5, 0.6) is 17.2 Å². The molecule has 0 N–H and O–H groups in total. The molecule has 8 heteroatoms. The molecular formula is C25H26O8. The van der Waals surface area contributed by atoms with Crippen molar-refractivity contribution in [1.29, 1.82) is 0 Å². The molecule has 0 amide bonds. The minimum Gasteiger partial charge on any atom is -0.493 e. The van der Waals surface area contributed by atoms with E-state index in [1.165, 1.54) is 0 Å². The number of ether oxygens (including phenoxy) is 6. The van der Waals surface area contributed by atoms with E-state index in [2.05, 4.69) is 0 Å². The van der Waals surface area contributed by atoms with E-state index in [1.807, 2.05) is 18.2 Å². The van der Waals surface area contributed by atoms with Crippen LogP contribution in [0.15, 0.2) is 30.3 Å². The van der Waals surface area contributed by atoms with Crippen LogP contribution in [0.2, 0.25) is 0 Å². The summed E-state index contributed by atoms with van der Waals surface area (Å²) in [6, 6.07) is 9.20. The number of carbonyl (C=O) groups is 2. The van der Waals surface area contributed by atoms with Crippen molar-refractivity contribution < 1.29 is 38.0 Å². The molecule has 1 saturated heterocycles. The number of fused-ring (bicyclic) bond motifs is 1. The van der Waals surface area contributed by atoms with E-state index >= 15 is 0 Å². The van der Waals surface area contributed by atoms with Crippen molar-refractivity contribution in [3.05, 3.63) is 41.5 Å². The average Bonchev–Trinajstić information content (AvgIpc) is 3.29. The Morgan fingerprint density at radius 1 is 1.09 bits per heavy atom. The van der Waals surface area contributed by atoms with Gasteiger partial charge < -0.3 is 28.4 Å². The van der Waals surface area contributed by atoms with Crippen molar-refractivity contribution in [2.45, 2.75) is 32.0 Å². The van der Waals surface area contributed by atoms with E-state index in [1.54, 1.807) is 26.4 Å². The summed E-state index contributed by atoms with van der Waals surface area (Å²) < 4.78 is 33.5. The molecule has 1 atom stereocenters. The second-order valence-electron chi connectivity index (χ2n) is 8.59. The van der Waals surface area contributed by atoms with Gasteiger partial charge in [-0.2, -0.15) is 0 Å². The Balaban J connectivity index is 1.43. The van der Waals surface area contributed by atoms with E-state index in [4.69, 9.17) is 28.4 Å². The van der Waals surface area contributed by atoms with Crippen LogP contribution in [0.25, 0.3) is 11.1 Å². The molecule has 3 aliphatic rings. The largest absolute Gasteiger partial charge is 0.493 e. The number of rotatable bonds is 8. The number of hydrogen-bond donors (Lipinski definition) is 0. The molecule has 1 saturated carbocycles. The highest BCUT2D eigenvalue weighted by molar-refractivity contribution is 5.94. The van der Waals surface area contributed by atoms with E-state index in [-0.39, 0.29) is 31.3 Å². The summed E-state index contributed by atoms with van der Waals surface area (Å²) in [4.78, 5) is 24.7. The lowest BCUT2D eigenvalue weighted by atomic mass is 9.99. The SMILES string of the molecule is COc1ccc(-c2ccc3c(c2)COC3=O)c(OCC2(C(=O)OC3CCOC3)CC2)c1OC. The number of cyclic esters (lactones) is 1. The van der Waals surface area contributed by atoms with Crippen LogP contribution in [-0.2, 0) is 25.6 Å². The zero-order valence-corrected chi connectivity index (χ0v) is 18.7. The summed E-state index contributed by atoms with van der Waals surface area (Å²) >= 11 is 0. The number of hydrogen-bond acceptors (Lipinski definition) is 8. The van der Waals surface area contributed by atoms with E-state index in [0.29, 0.717) is 48.9 Å². The zero-order chi connectivity index (χ0) is 23.0. The molecule has 1 unspecified atom stereocenters. The van der Waals surface area contributed by atoms with Gasteiger partial charge >= 0.3 is 11.9 Å². The van der Waals surface area contributed by atoms with Gasteiger partial charge in [0.25, 0.3) is 0 Å². The number of carbonyl (C=O) groups excluding carboxylic acids is 2. The lowest BCUT2D eigenvalue weighted by Gasteiger charge is -2.21. The summed E-state index contributed by atoms with van der Waals surface area (Å²) in [5.41, 5.74) is 2.34. The molecule has 5 rings (SSSR count). The van der Waals surface area contributed by atoms with Gasteiger partial charge in [-0.3, -0.25) is 4.79 Å². The standard InChI is InChI=1S/C25H26O8/c1-28-20-6-5-18(15-3-4-19-16(11-15)12-31-23(19)26)21(22(20)29-2)32-14-25(8-9-25)24(27)33-17-7-10-30-13-17/h3-6,11,17H,7-10,12-14H2,1-2H3. The first-order chi connectivity index (χ1) is 16.0. The molecule has 0 aromatic heterocycles. The Bertz CT molecular complexity index is 1080. The second kappa shape index (κ2) is 8.59. The van der Waals surface area contributed by atoms with Crippen molar-refractivity contribution in [2.75, 3.05) is 34.0 Å². The molecule has 8 nitrogen and oxygen atoms in total. The zero-order valence-electron chi connectivity index (χ0n) is 18.7.